The molecule has 2 N–H and O–H groups in total. The van der Waals surface area contributed by atoms with E-state index >= 15 is 0 Å². The highest BCUT2D eigenvalue weighted by Crippen LogP contribution is 2.27. The summed E-state index contributed by atoms with van der Waals surface area (Å²) in [5.41, 5.74) is 1.71. The molecular formula is C22H28ClN3O3S. The highest BCUT2D eigenvalue weighted by Gasteiger charge is 2.20. The Hall–Kier alpha value is -2.19. The number of halogens is 1. The predicted molar refractivity (Wildman–Crippen MR) is 122 cm³/mol. The Morgan fingerprint density at radius 1 is 1.10 bits per heavy atom. The van der Waals surface area contributed by atoms with Crippen LogP contribution in [0.2, 0.25) is 5.02 Å². The minimum absolute atomic E-state index is 0.0305. The Bertz CT molecular complexity index is 971. The van der Waals surface area contributed by atoms with Gasteiger partial charge in [0.25, 0.3) is 0 Å². The number of amides is 1. The molecule has 0 bridgehead atoms. The summed E-state index contributed by atoms with van der Waals surface area (Å²) in [6.45, 7) is 6.24. The number of nitrogens with one attached hydrogen (secondary N) is 2. The van der Waals surface area contributed by atoms with Crippen LogP contribution >= 0.6 is 11.6 Å². The topological polar surface area (TPSA) is 78.5 Å². The lowest BCUT2D eigenvalue weighted by atomic mass is 10.0. The first-order valence-corrected chi connectivity index (χ1v) is 11.7. The summed E-state index contributed by atoms with van der Waals surface area (Å²) < 4.78 is 25.8. The van der Waals surface area contributed by atoms with Gasteiger partial charge in [-0.05, 0) is 55.5 Å². The molecule has 162 valence electrons. The van der Waals surface area contributed by atoms with Gasteiger partial charge in [-0.1, -0.05) is 55.8 Å². The van der Waals surface area contributed by atoms with E-state index in [0.29, 0.717) is 11.6 Å². The minimum Gasteiger partial charge on any atom is -0.351 e. The molecule has 2 aromatic rings. The quantitative estimate of drug-likeness (QED) is 0.544. The standard InChI is InChI=1S/C22H28ClN3O3S/c1-4-26(5-2)21(19-8-6-7-9-20(19)23)16-25-22(27)15-12-17-10-13-18(14-11-17)30(28,29)24-3/h6-15,21,24H,4-5,16H2,1-3H3,(H,25,27)/b15-12+. The van der Waals surface area contributed by atoms with Crippen molar-refractivity contribution in [3.8, 4) is 0 Å². The fraction of sp³-hybridized carbons (Fsp3) is 0.318. The average Bonchev–Trinajstić information content (AvgIpc) is 2.76. The van der Waals surface area contributed by atoms with Crippen LogP contribution in [0.15, 0.2) is 59.5 Å². The highest BCUT2D eigenvalue weighted by atomic mass is 35.5. The Labute approximate surface area is 184 Å². The van der Waals surface area contributed by atoms with Crippen LogP contribution in [0.4, 0.5) is 0 Å². The fourth-order valence-corrected chi connectivity index (χ4v) is 4.14. The monoisotopic (exact) mass is 449 g/mol. The van der Waals surface area contributed by atoms with E-state index in [1.807, 2.05) is 24.3 Å². The van der Waals surface area contributed by atoms with E-state index in [9.17, 15) is 13.2 Å². The fourth-order valence-electron chi connectivity index (χ4n) is 3.15. The molecule has 1 unspecified atom stereocenters. The number of likely N-dealkylation sites (N-methyl/N-ethyl adjacent to an activating group) is 1. The van der Waals surface area contributed by atoms with E-state index in [1.165, 1.54) is 25.3 Å². The first-order valence-electron chi connectivity index (χ1n) is 9.80. The van der Waals surface area contributed by atoms with Crippen molar-refractivity contribution < 1.29 is 13.2 Å². The molecule has 0 saturated carbocycles. The third-order valence-corrected chi connectivity index (χ3v) is 6.65. The van der Waals surface area contributed by atoms with Crippen molar-refractivity contribution in [2.24, 2.45) is 0 Å². The zero-order valence-corrected chi connectivity index (χ0v) is 19.0. The number of carbonyl (C=O) groups is 1. The van der Waals surface area contributed by atoms with Gasteiger partial charge in [0, 0.05) is 17.6 Å². The third-order valence-electron chi connectivity index (χ3n) is 4.87. The average molecular weight is 450 g/mol. The molecule has 30 heavy (non-hydrogen) atoms. The van der Waals surface area contributed by atoms with Crippen molar-refractivity contribution in [2.45, 2.75) is 24.8 Å². The largest absolute Gasteiger partial charge is 0.351 e. The molecule has 6 nitrogen and oxygen atoms in total. The smallest absolute Gasteiger partial charge is 0.244 e. The number of rotatable bonds is 10. The molecule has 1 amide bonds. The van der Waals surface area contributed by atoms with Gasteiger partial charge in [0.05, 0.1) is 10.9 Å². The van der Waals surface area contributed by atoms with Crippen LogP contribution in [0.5, 0.6) is 0 Å². The second-order valence-corrected chi connectivity index (χ2v) is 8.91. The lowest BCUT2D eigenvalue weighted by Crippen LogP contribution is -2.37. The van der Waals surface area contributed by atoms with Gasteiger partial charge < -0.3 is 5.32 Å². The van der Waals surface area contributed by atoms with Crippen molar-refractivity contribution in [3.05, 3.63) is 70.8 Å². The highest BCUT2D eigenvalue weighted by molar-refractivity contribution is 7.89. The van der Waals surface area contributed by atoms with Gasteiger partial charge in [-0.15, -0.1) is 0 Å². The summed E-state index contributed by atoms with van der Waals surface area (Å²) in [4.78, 5) is 14.8. The summed E-state index contributed by atoms with van der Waals surface area (Å²) in [7, 11) is -2.11. The van der Waals surface area contributed by atoms with Crippen LogP contribution in [0.25, 0.3) is 6.08 Å². The van der Waals surface area contributed by atoms with Crippen LogP contribution in [0.3, 0.4) is 0 Å². The molecule has 1 atom stereocenters. The van der Waals surface area contributed by atoms with E-state index in [4.69, 9.17) is 11.6 Å². The van der Waals surface area contributed by atoms with E-state index in [0.717, 1.165) is 24.2 Å². The summed E-state index contributed by atoms with van der Waals surface area (Å²) in [5.74, 6) is -0.230. The third kappa shape index (κ3) is 6.40. The van der Waals surface area contributed by atoms with Crippen molar-refractivity contribution in [1.82, 2.24) is 14.9 Å². The van der Waals surface area contributed by atoms with E-state index in [1.54, 1.807) is 18.2 Å². The van der Waals surface area contributed by atoms with Crippen molar-refractivity contribution in [2.75, 3.05) is 26.7 Å². The second-order valence-electron chi connectivity index (χ2n) is 6.61. The molecule has 2 aromatic carbocycles. The zero-order chi connectivity index (χ0) is 22.1. The van der Waals surface area contributed by atoms with Gasteiger partial charge in [0.15, 0.2) is 0 Å². The summed E-state index contributed by atoms with van der Waals surface area (Å²) in [6.07, 6.45) is 3.08. The summed E-state index contributed by atoms with van der Waals surface area (Å²) in [5, 5.41) is 3.62. The van der Waals surface area contributed by atoms with Crippen LogP contribution in [-0.4, -0.2) is 45.9 Å². The normalized spacial score (nSPS) is 13.0. The molecule has 0 fully saturated rings. The van der Waals surface area contributed by atoms with Crippen LogP contribution < -0.4 is 10.0 Å². The van der Waals surface area contributed by atoms with E-state index in [2.05, 4.69) is 28.8 Å². The SMILES string of the molecule is CCN(CC)C(CNC(=O)/C=C/c1ccc(S(=O)(=O)NC)cc1)c1ccccc1Cl. The van der Waals surface area contributed by atoms with E-state index < -0.39 is 10.0 Å². The van der Waals surface area contributed by atoms with Gasteiger partial charge in [-0.3, -0.25) is 9.69 Å². The van der Waals surface area contributed by atoms with Gasteiger partial charge in [-0.2, -0.15) is 0 Å². The van der Waals surface area contributed by atoms with Crippen molar-refractivity contribution in [1.29, 1.82) is 0 Å². The van der Waals surface area contributed by atoms with Crippen molar-refractivity contribution >= 4 is 33.6 Å². The summed E-state index contributed by atoms with van der Waals surface area (Å²) in [6, 6.07) is 13.9. The Balaban J connectivity index is 2.06. The first kappa shape index (κ1) is 24.1. The Morgan fingerprint density at radius 3 is 2.30 bits per heavy atom. The molecule has 2 rings (SSSR count). The maximum Gasteiger partial charge on any atom is 0.244 e. The lowest BCUT2D eigenvalue weighted by Gasteiger charge is -2.30. The molecule has 0 heterocycles. The van der Waals surface area contributed by atoms with Gasteiger partial charge in [0.2, 0.25) is 15.9 Å². The van der Waals surface area contributed by atoms with Crippen molar-refractivity contribution in [3.63, 3.8) is 0 Å². The molecule has 0 spiro atoms. The maximum atomic E-state index is 12.4. The molecule has 0 aromatic heterocycles. The molecule has 0 aliphatic rings. The lowest BCUT2D eigenvalue weighted by molar-refractivity contribution is -0.116. The first-order chi connectivity index (χ1) is 14.3. The predicted octanol–water partition coefficient (Wildman–Crippen LogP) is 3.46. The van der Waals surface area contributed by atoms with Gasteiger partial charge >= 0.3 is 0 Å². The molecular weight excluding hydrogens is 422 g/mol. The summed E-state index contributed by atoms with van der Waals surface area (Å²) >= 11 is 6.39. The molecule has 0 saturated heterocycles. The second kappa shape index (κ2) is 11.3. The number of hydrogen-bond donors (Lipinski definition) is 2. The molecule has 0 radical (unpaired) electrons. The van der Waals surface area contributed by atoms with Gasteiger partial charge in [-0.25, -0.2) is 13.1 Å². The molecule has 8 heteroatoms. The van der Waals surface area contributed by atoms with E-state index in [-0.39, 0.29) is 16.8 Å². The Kier molecular flexibility index (Phi) is 9.05. The number of benzene rings is 2. The molecule has 0 aliphatic heterocycles. The Morgan fingerprint density at radius 2 is 1.73 bits per heavy atom. The number of hydrogen-bond acceptors (Lipinski definition) is 4. The van der Waals surface area contributed by atoms with Gasteiger partial charge in [0.1, 0.15) is 0 Å². The number of carbonyl (C=O) groups excluding carboxylic acids is 1. The van der Waals surface area contributed by atoms with Crippen LogP contribution in [0.1, 0.15) is 31.0 Å². The van der Waals surface area contributed by atoms with Crippen LogP contribution in [-0.2, 0) is 14.8 Å². The maximum absolute atomic E-state index is 12.4. The zero-order valence-electron chi connectivity index (χ0n) is 17.4. The molecule has 0 aliphatic carbocycles. The number of nitrogens with zero attached hydrogens (tertiary/aromatic N) is 1. The number of sulfonamides is 1. The minimum atomic E-state index is -3.48. The van der Waals surface area contributed by atoms with Crippen LogP contribution in [0, 0.1) is 0 Å².